The number of nitrogens with zero attached hydrogens (tertiary/aromatic N) is 3. The molecule has 0 fully saturated rings. The number of hydrogen-bond acceptors (Lipinski definition) is 4. The Bertz CT molecular complexity index is 822. The van der Waals surface area contributed by atoms with E-state index in [-0.39, 0.29) is 17.0 Å². The molecule has 0 radical (unpaired) electrons. The van der Waals surface area contributed by atoms with Crippen LogP contribution in [0.25, 0.3) is 0 Å². The van der Waals surface area contributed by atoms with E-state index in [9.17, 15) is 8.42 Å². The maximum absolute atomic E-state index is 13.0. The molecule has 1 aromatic heterocycles. The fraction of sp³-hybridized carbons (Fsp3) is 0.450. The number of rotatable bonds is 7. The predicted molar refractivity (Wildman–Crippen MR) is 107 cm³/mol. The number of hydrogen-bond donors (Lipinski definition) is 0. The van der Waals surface area contributed by atoms with Crippen molar-refractivity contribution in [2.75, 3.05) is 11.4 Å². The van der Waals surface area contributed by atoms with E-state index in [1.807, 2.05) is 59.7 Å². The lowest BCUT2D eigenvalue weighted by Crippen LogP contribution is -2.41. The Hall–Kier alpha value is -1.92. The molecule has 2 rings (SSSR count). The van der Waals surface area contributed by atoms with E-state index >= 15 is 0 Å². The molecule has 0 amide bonds. The summed E-state index contributed by atoms with van der Waals surface area (Å²) in [6.45, 7) is 12.4. The molecule has 0 aliphatic rings. The molecular weight excluding hydrogens is 346 g/mol. The number of aromatic nitrogens is 1. The number of anilines is 2. The summed E-state index contributed by atoms with van der Waals surface area (Å²) in [6.07, 6.45) is 1.46. The van der Waals surface area contributed by atoms with Crippen molar-refractivity contribution < 1.29 is 8.42 Å². The maximum Gasteiger partial charge on any atom is 0.245 e. The lowest BCUT2D eigenvalue weighted by molar-refractivity contribution is 0.302. The Balaban J connectivity index is 2.38. The van der Waals surface area contributed by atoms with Crippen LogP contribution in [0.5, 0.6) is 0 Å². The van der Waals surface area contributed by atoms with Gasteiger partial charge in [-0.05, 0) is 71.4 Å². The Morgan fingerprint density at radius 1 is 1.04 bits per heavy atom. The quantitative estimate of drug-likeness (QED) is 0.722. The van der Waals surface area contributed by atoms with E-state index in [0.717, 1.165) is 18.1 Å². The van der Waals surface area contributed by atoms with Crippen LogP contribution in [-0.4, -0.2) is 36.3 Å². The van der Waals surface area contributed by atoms with Gasteiger partial charge in [0.05, 0.1) is 0 Å². The van der Waals surface area contributed by atoms with Crippen molar-refractivity contribution in [1.82, 2.24) is 9.29 Å². The summed E-state index contributed by atoms with van der Waals surface area (Å²) in [4.78, 5) is 6.73. The largest absolute Gasteiger partial charge is 0.327 e. The second-order valence-corrected chi connectivity index (χ2v) is 8.80. The molecular formula is C20H29N3O2S. The first-order chi connectivity index (χ1) is 12.2. The zero-order valence-corrected chi connectivity index (χ0v) is 17.3. The van der Waals surface area contributed by atoms with E-state index in [1.165, 1.54) is 16.1 Å². The first-order valence-corrected chi connectivity index (χ1v) is 10.5. The van der Waals surface area contributed by atoms with Gasteiger partial charge in [-0.3, -0.25) is 0 Å². The van der Waals surface area contributed by atoms with Crippen LogP contribution in [-0.2, 0) is 10.0 Å². The number of aryl methyl sites for hydroxylation is 1. The Morgan fingerprint density at radius 2 is 1.69 bits per heavy atom. The summed E-state index contributed by atoms with van der Waals surface area (Å²) >= 11 is 0. The van der Waals surface area contributed by atoms with Gasteiger partial charge in [-0.25, -0.2) is 13.4 Å². The lowest BCUT2D eigenvalue weighted by atomic mass is 10.2. The highest BCUT2D eigenvalue weighted by Crippen LogP contribution is 2.26. The lowest BCUT2D eigenvalue weighted by Gasteiger charge is -2.29. The number of sulfonamides is 1. The van der Waals surface area contributed by atoms with Crippen molar-refractivity contribution in [3.63, 3.8) is 0 Å². The van der Waals surface area contributed by atoms with Gasteiger partial charge < -0.3 is 4.90 Å². The molecule has 0 saturated carbocycles. The summed E-state index contributed by atoms with van der Waals surface area (Å²) in [7, 11) is -3.57. The molecule has 0 spiro atoms. The summed E-state index contributed by atoms with van der Waals surface area (Å²) in [5, 5.41) is 0. The average Bonchev–Trinajstić information content (AvgIpc) is 2.55. The molecule has 26 heavy (non-hydrogen) atoms. The molecule has 6 heteroatoms. The normalized spacial score (nSPS) is 12.2. The highest BCUT2D eigenvalue weighted by molar-refractivity contribution is 7.89. The van der Waals surface area contributed by atoms with Crippen molar-refractivity contribution in [2.45, 2.75) is 58.5 Å². The maximum atomic E-state index is 13.0. The Morgan fingerprint density at radius 3 is 2.15 bits per heavy atom. The van der Waals surface area contributed by atoms with Gasteiger partial charge in [0, 0.05) is 30.5 Å². The van der Waals surface area contributed by atoms with Crippen LogP contribution in [0.15, 0.2) is 47.5 Å². The number of pyridine rings is 1. The van der Waals surface area contributed by atoms with Crippen molar-refractivity contribution >= 4 is 21.5 Å². The summed E-state index contributed by atoms with van der Waals surface area (Å²) in [6, 6.07) is 11.4. The van der Waals surface area contributed by atoms with Crippen LogP contribution in [0, 0.1) is 6.92 Å². The number of benzene rings is 1. The van der Waals surface area contributed by atoms with E-state index < -0.39 is 10.0 Å². The van der Waals surface area contributed by atoms with Gasteiger partial charge in [-0.2, -0.15) is 4.31 Å². The standard InChI is InChI=1S/C20H29N3O2S/c1-7-22(18-10-8-9-17(6)13-18)20-12-11-19(14-21-20)26(24,25)23(15(2)3)16(4)5/h8-16H,7H2,1-6H3. The van der Waals surface area contributed by atoms with Gasteiger partial charge >= 0.3 is 0 Å². The molecule has 142 valence electrons. The monoisotopic (exact) mass is 375 g/mol. The third-order valence-electron chi connectivity index (χ3n) is 4.22. The second-order valence-electron chi connectivity index (χ2n) is 6.96. The van der Waals surface area contributed by atoms with Crippen molar-refractivity contribution in [3.8, 4) is 0 Å². The molecule has 0 saturated heterocycles. The summed E-state index contributed by atoms with van der Waals surface area (Å²) < 4.78 is 27.4. The fourth-order valence-electron chi connectivity index (χ4n) is 3.23. The van der Waals surface area contributed by atoms with E-state index in [1.54, 1.807) is 12.1 Å². The molecule has 1 heterocycles. The zero-order valence-electron chi connectivity index (χ0n) is 16.5. The van der Waals surface area contributed by atoms with Gasteiger partial charge in [-0.15, -0.1) is 0 Å². The molecule has 0 N–H and O–H groups in total. The molecule has 5 nitrogen and oxygen atoms in total. The van der Waals surface area contributed by atoms with Crippen LogP contribution in [0.2, 0.25) is 0 Å². The molecule has 0 atom stereocenters. The topological polar surface area (TPSA) is 53.5 Å². The van der Waals surface area contributed by atoms with Gasteiger partial charge in [0.25, 0.3) is 0 Å². The minimum atomic E-state index is -3.57. The minimum Gasteiger partial charge on any atom is -0.327 e. The van der Waals surface area contributed by atoms with Crippen molar-refractivity contribution in [2.24, 2.45) is 0 Å². The van der Waals surface area contributed by atoms with E-state index in [2.05, 4.69) is 16.0 Å². The minimum absolute atomic E-state index is 0.112. The van der Waals surface area contributed by atoms with Crippen LogP contribution in [0.4, 0.5) is 11.5 Å². The average molecular weight is 376 g/mol. The third kappa shape index (κ3) is 4.24. The van der Waals surface area contributed by atoms with E-state index in [4.69, 9.17) is 0 Å². The highest BCUT2D eigenvalue weighted by Gasteiger charge is 2.29. The molecule has 0 unspecified atom stereocenters. The summed E-state index contributed by atoms with van der Waals surface area (Å²) in [5.41, 5.74) is 2.21. The highest BCUT2D eigenvalue weighted by atomic mass is 32.2. The van der Waals surface area contributed by atoms with Crippen LogP contribution >= 0.6 is 0 Å². The molecule has 0 bridgehead atoms. The second kappa shape index (κ2) is 8.18. The van der Waals surface area contributed by atoms with Crippen molar-refractivity contribution in [1.29, 1.82) is 0 Å². The first kappa shape index (κ1) is 20.4. The molecule has 0 aliphatic carbocycles. The SMILES string of the molecule is CCN(c1cccc(C)c1)c1ccc(S(=O)(=O)N(C(C)C)C(C)C)cn1. The van der Waals surface area contributed by atoms with Gasteiger partial charge in [0.15, 0.2) is 0 Å². The fourth-order valence-corrected chi connectivity index (χ4v) is 5.01. The first-order valence-electron chi connectivity index (χ1n) is 9.02. The van der Waals surface area contributed by atoms with Gasteiger partial charge in [0.2, 0.25) is 10.0 Å². The van der Waals surface area contributed by atoms with Crippen molar-refractivity contribution in [3.05, 3.63) is 48.2 Å². The Labute approximate surface area is 157 Å². The van der Waals surface area contributed by atoms with Gasteiger partial charge in [-0.1, -0.05) is 12.1 Å². The van der Waals surface area contributed by atoms with E-state index in [0.29, 0.717) is 0 Å². The third-order valence-corrected chi connectivity index (χ3v) is 6.46. The molecule has 1 aromatic carbocycles. The summed E-state index contributed by atoms with van der Waals surface area (Å²) in [5.74, 6) is 0.734. The smallest absolute Gasteiger partial charge is 0.245 e. The predicted octanol–water partition coefficient (Wildman–Crippen LogP) is 4.36. The van der Waals surface area contributed by atoms with Crippen LogP contribution in [0.1, 0.15) is 40.2 Å². The van der Waals surface area contributed by atoms with Gasteiger partial charge in [0.1, 0.15) is 10.7 Å². The zero-order chi connectivity index (χ0) is 19.5. The molecule has 2 aromatic rings. The molecule has 0 aliphatic heterocycles. The van der Waals surface area contributed by atoms with Crippen LogP contribution < -0.4 is 4.90 Å². The Kier molecular flexibility index (Phi) is 6.42. The van der Waals surface area contributed by atoms with Crippen LogP contribution in [0.3, 0.4) is 0 Å².